The molecule has 0 aliphatic rings. The van der Waals surface area contributed by atoms with Crippen molar-refractivity contribution in [1.82, 2.24) is 9.97 Å². The molecule has 0 radical (unpaired) electrons. The Morgan fingerprint density at radius 1 is 0.667 bits per heavy atom. The van der Waals surface area contributed by atoms with Crippen molar-refractivity contribution in [2.45, 2.75) is 0 Å². The first kappa shape index (κ1) is 14.8. The van der Waals surface area contributed by atoms with E-state index in [1.165, 1.54) is 0 Å². The topological polar surface area (TPSA) is 70.3 Å². The largest absolute Gasteiger partial charge is 0.427 e. The minimum absolute atomic E-state index is 0.660. The van der Waals surface area contributed by atoms with Crippen LogP contribution in [0.25, 0.3) is 21.8 Å². The quantitative estimate of drug-likeness (QED) is 0.559. The molecular formula is C18H14N3O2P. The molecule has 0 fully saturated rings. The van der Waals surface area contributed by atoms with Crippen LogP contribution in [0.5, 0.6) is 11.5 Å². The van der Waals surface area contributed by atoms with Gasteiger partial charge in [-0.05, 0) is 48.5 Å². The van der Waals surface area contributed by atoms with Gasteiger partial charge in [0.05, 0.1) is 11.0 Å². The minimum Gasteiger partial charge on any atom is -0.427 e. The first-order chi connectivity index (χ1) is 11.8. The molecule has 0 saturated carbocycles. The second-order valence-corrected chi connectivity index (χ2v) is 6.06. The van der Waals surface area contributed by atoms with E-state index < -0.39 is 8.53 Å². The SMILES string of the molecule is NP(Oc1cccc2ncccc12)Oc1cccc2ncccc12. The highest BCUT2D eigenvalue weighted by molar-refractivity contribution is 7.45. The molecule has 0 unspecified atom stereocenters. The maximum Gasteiger partial charge on any atom is 0.378 e. The summed E-state index contributed by atoms with van der Waals surface area (Å²) in [5, 5.41) is 1.81. The van der Waals surface area contributed by atoms with Gasteiger partial charge in [-0.2, -0.15) is 0 Å². The van der Waals surface area contributed by atoms with Crippen molar-refractivity contribution < 1.29 is 9.05 Å². The summed E-state index contributed by atoms with van der Waals surface area (Å²) in [7, 11) is -1.64. The van der Waals surface area contributed by atoms with Gasteiger partial charge in [0.2, 0.25) is 0 Å². The summed E-state index contributed by atoms with van der Waals surface area (Å²) in [6.45, 7) is 0. The van der Waals surface area contributed by atoms with Crippen molar-refractivity contribution in [2.75, 3.05) is 0 Å². The number of fused-ring (bicyclic) bond motifs is 2. The summed E-state index contributed by atoms with van der Waals surface area (Å²) in [6.07, 6.45) is 3.49. The van der Waals surface area contributed by atoms with Crippen LogP contribution in [0.15, 0.2) is 73.1 Å². The lowest BCUT2D eigenvalue weighted by Crippen LogP contribution is -2.04. The minimum atomic E-state index is -1.64. The number of benzene rings is 2. The summed E-state index contributed by atoms with van der Waals surface area (Å²) in [4.78, 5) is 8.62. The molecule has 2 aromatic heterocycles. The molecule has 118 valence electrons. The van der Waals surface area contributed by atoms with Crippen LogP contribution in [0, 0.1) is 0 Å². The van der Waals surface area contributed by atoms with Crippen LogP contribution in [0.2, 0.25) is 0 Å². The van der Waals surface area contributed by atoms with Crippen molar-refractivity contribution in [3.8, 4) is 11.5 Å². The van der Waals surface area contributed by atoms with E-state index in [1.807, 2.05) is 60.7 Å². The van der Waals surface area contributed by atoms with Gasteiger partial charge in [0.15, 0.2) is 0 Å². The number of aromatic nitrogens is 2. The van der Waals surface area contributed by atoms with Gasteiger partial charge in [-0.1, -0.05) is 12.1 Å². The zero-order valence-corrected chi connectivity index (χ0v) is 13.6. The molecule has 0 aliphatic heterocycles. The summed E-state index contributed by atoms with van der Waals surface area (Å²) < 4.78 is 11.7. The van der Waals surface area contributed by atoms with Gasteiger partial charge in [0.25, 0.3) is 0 Å². The van der Waals surface area contributed by atoms with Crippen molar-refractivity contribution in [2.24, 2.45) is 5.50 Å². The number of pyridine rings is 2. The van der Waals surface area contributed by atoms with Gasteiger partial charge in [-0.15, -0.1) is 0 Å². The first-order valence-corrected chi connectivity index (χ1v) is 8.64. The zero-order chi connectivity index (χ0) is 16.4. The van der Waals surface area contributed by atoms with Gasteiger partial charge in [-0.25, -0.2) is 5.50 Å². The van der Waals surface area contributed by atoms with E-state index in [4.69, 9.17) is 14.6 Å². The molecule has 2 N–H and O–H groups in total. The number of rotatable bonds is 4. The zero-order valence-electron chi connectivity index (χ0n) is 12.7. The summed E-state index contributed by atoms with van der Waals surface area (Å²) in [5.41, 5.74) is 7.81. The third-order valence-corrected chi connectivity index (χ3v) is 4.34. The lowest BCUT2D eigenvalue weighted by molar-refractivity contribution is 0.497. The highest BCUT2D eigenvalue weighted by Gasteiger charge is 2.13. The van der Waals surface area contributed by atoms with Crippen LogP contribution < -0.4 is 14.6 Å². The monoisotopic (exact) mass is 335 g/mol. The van der Waals surface area contributed by atoms with Gasteiger partial charge < -0.3 is 9.05 Å². The Labute approximate surface area is 140 Å². The van der Waals surface area contributed by atoms with Crippen molar-refractivity contribution in [3.05, 3.63) is 73.1 Å². The predicted octanol–water partition coefficient (Wildman–Crippen LogP) is 4.43. The smallest absolute Gasteiger partial charge is 0.378 e. The van der Waals surface area contributed by atoms with E-state index in [0.717, 1.165) is 21.8 Å². The molecule has 4 aromatic rings. The number of nitrogens with zero attached hydrogens (tertiary/aromatic N) is 2. The van der Waals surface area contributed by atoms with Crippen LogP contribution in [0.4, 0.5) is 0 Å². The summed E-state index contributed by atoms with van der Waals surface area (Å²) >= 11 is 0. The molecule has 0 aliphatic carbocycles. The van der Waals surface area contributed by atoms with Crippen molar-refractivity contribution in [3.63, 3.8) is 0 Å². The average Bonchev–Trinajstić information content (AvgIpc) is 2.62. The number of nitrogens with two attached hydrogens (primary N) is 1. The Balaban J connectivity index is 1.61. The summed E-state index contributed by atoms with van der Waals surface area (Å²) in [5.74, 6) is 1.32. The Kier molecular flexibility index (Phi) is 3.95. The van der Waals surface area contributed by atoms with Crippen molar-refractivity contribution in [1.29, 1.82) is 0 Å². The van der Waals surface area contributed by atoms with Gasteiger partial charge in [-0.3, -0.25) is 9.97 Å². The maximum absolute atomic E-state index is 6.10. The molecule has 2 aromatic carbocycles. The Morgan fingerprint density at radius 3 is 1.67 bits per heavy atom. The van der Waals surface area contributed by atoms with Crippen LogP contribution >= 0.6 is 8.53 Å². The Morgan fingerprint density at radius 2 is 1.17 bits per heavy atom. The standard InChI is InChI=1S/C18H14N3O2P/c19-24(22-17-9-1-7-15-13(17)5-3-11-20-15)23-18-10-2-8-16-14(18)6-4-12-21-16/h1-12H,19H2. The molecular weight excluding hydrogens is 321 g/mol. The molecule has 4 rings (SSSR count). The van der Waals surface area contributed by atoms with Gasteiger partial charge >= 0.3 is 8.53 Å². The average molecular weight is 335 g/mol. The first-order valence-electron chi connectivity index (χ1n) is 7.39. The second-order valence-electron chi connectivity index (χ2n) is 5.12. The van der Waals surface area contributed by atoms with E-state index in [-0.39, 0.29) is 0 Å². The van der Waals surface area contributed by atoms with E-state index in [0.29, 0.717) is 11.5 Å². The van der Waals surface area contributed by atoms with Crippen LogP contribution in [-0.2, 0) is 0 Å². The van der Waals surface area contributed by atoms with Gasteiger partial charge in [0, 0.05) is 23.2 Å². The molecule has 2 heterocycles. The highest BCUT2D eigenvalue weighted by atomic mass is 31.2. The van der Waals surface area contributed by atoms with E-state index >= 15 is 0 Å². The number of hydrogen-bond donors (Lipinski definition) is 1. The highest BCUT2D eigenvalue weighted by Crippen LogP contribution is 2.38. The molecule has 0 atom stereocenters. The molecule has 5 nitrogen and oxygen atoms in total. The fraction of sp³-hybridized carbons (Fsp3) is 0. The van der Waals surface area contributed by atoms with Crippen molar-refractivity contribution >= 4 is 30.3 Å². The molecule has 0 spiro atoms. The Hall–Kier alpha value is -2.75. The molecule has 0 amide bonds. The number of hydrogen-bond acceptors (Lipinski definition) is 5. The van der Waals surface area contributed by atoms with Crippen LogP contribution in [0.1, 0.15) is 0 Å². The lowest BCUT2D eigenvalue weighted by atomic mass is 10.2. The third-order valence-electron chi connectivity index (χ3n) is 3.59. The fourth-order valence-corrected chi connectivity index (χ4v) is 3.27. The normalized spacial score (nSPS) is 11.1. The van der Waals surface area contributed by atoms with Crippen LogP contribution in [-0.4, -0.2) is 9.97 Å². The molecule has 0 bridgehead atoms. The second kappa shape index (κ2) is 6.40. The molecule has 6 heteroatoms. The third kappa shape index (κ3) is 2.87. The van der Waals surface area contributed by atoms with Gasteiger partial charge in [0.1, 0.15) is 11.5 Å². The van der Waals surface area contributed by atoms with E-state index in [9.17, 15) is 0 Å². The summed E-state index contributed by atoms with van der Waals surface area (Å²) in [6, 6.07) is 19.0. The predicted molar refractivity (Wildman–Crippen MR) is 95.8 cm³/mol. The van der Waals surface area contributed by atoms with E-state index in [1.54, 1.807) is 12.4 Å². The maximum atomic E-state index is 6.10. The van der Waals surface area contributed by atoms with E-state index in [2.05, 4.69) is 9.97 Å². The Bertz CT molecular complexity index is 917. The fourth-order valence-electron chi connectivity index (χ4n) is 2.52. The lowest BCUT2D eigenvalue weighted by Gasteiger charge is -2.16. The van der Waals surface area contributed by atoms with Crippen LogP contribution in [0.3, 0.4) is 0 Å². The molecule has 24 heavy (non-hydrogen) atoms. The molecule has 0 saturated heterocycles.